The second-order valence-electron chi connectivity index (χ2n) is 6.41. The Kier molecular flexibility index (Phi) is 6.09. The van der Waals surface area contributed by atoms with Gasteiger partial charge in [-0.25, -0.2) is 0 Å². The van der Waals surface area contributed by atoms with Crippen molar-refractivity contribution >= 4 is 0 Å². The summed E-state index contributed by atoms with van der Waals surface area (Å²) in [6.45, 7) is 8.03. The number of hydrogen-bond donors (Lipinski definition) is 1. The van der Waals surface area contributed by atoms with Crippen molar-refractivity contribution in [1.82, 2.24) is 5.32 Å². The minimum atomic E-state index is 0.557. The molecule has 0 saturated heterocycles. The average Bonchev–Trinajstić information content (AvgIpc) is 2.49. The SMILES string of the molecule is CCCNC(c1ccccc1C)C1CCCCC1CC. The Labute approximate surface area is 125 Å². The highest BCUT2D eigenvalue weighted by atomic mass is 14.9. The molecule has 3 unspecified atom stereocenters. The van der Waals surface area contributed by atoms with Gasteiger partial charge < -0.3 is 5.32 Å². The van der Waals surface area contributed by atoms with Crippen LogP contribution in [0, 0.1) is 18.8 Å². The first-order valence-corrected chi connectivity index (χ1v) is 8.56. The molecule has 0 aliphatic heterocycles. The third-order valence-corrected chi connectivity index (χ3v) is 5.06. The quantitative estimate of drug-likeness (QED) is 0.746. The Balaban J connectivity index is 2.24. The molecule has 0 aromatic heterocycles. The number of nitrogens with one attached hydrogen (secondary N) is 1. The Morgan fingerprint density at radius 1 is 1.15 bits per heavy atom. The standard InChI is InChI=1S/C19H31N/c1-4-14-20-19(17-12-8-6-10-15(17)3)18-13-9-7-11-16(18)5-2/h6,8,10,12,16,18-20H,4-5,7,9,11,13-14H2,1-3H3. The highest BCUT2D eigenvalue weighted by Gasteiger charge is 2.31. The van der Waals surface area contributed by atoms with Crippen LogP contribution in [0.2, 0.25) is 0 Å². The van der Waals surface area contributed by atoms with Gasteiger partial charge in [0.2, 0.25) is 0 Å². The van der Waals surface area contributed by atoms with Gasteiger partial charge in [-0.2, -0.15) is 0 Å². The van der Waals surface area contributed by atoms with E-state index in [1.54, 1.807) is 0 Å². The van der Waals surface area contributed by atoms with Gasteiger partial charge in [-0.1, -0.05) is 63.8 Å². The van der Waals surface area contributed by atoms with Crippen LogP contribution in [0.4, 0.5) is 0 Å². The monoisotopic (exact) mass is 273 g/mol. The predicted octanol–water partition coefficient (Wildman–Crippen LogP) is 5.25. The first-order chi connectivity index (χ1) is 9.77. The van der Waals surface area contributed by atoms with Crippen LogP contribution in [-0.4, -0.2) is 6.54 Å². The zero-order valence-corrected chi connectivity index (χ0v) is 13.5. The van der Waals surface area contributed by atoms with Crippen LogP contribution in [0.5, 0.6) is 0 Å². The molecule has 0 amide bonds. The molecule has 1 aromatic rings. The molecule has 1 aliphatic carbocycles. The van der Waals surface area contributed by atoms with Crippen LogP contribution in [0.1, 0.15) is 69.5 Å². The van der Waals surface area contributed by atoms with Gasteiger partial charge in [0.15, 0.2) is 0 Å². The number of hydrogen-bond acceptors (Lipinski definition) is 1. The van der Waals surface area contributed by atoms with Crippen LogP contribution in [0.3, 0.4) is 0 Å². The molecule has 0 spiro atoms. The Morgan fingerprint density at radius 2 is 1.90 bits per heavy atom. The lowest BCUT2D eigenvalue weighted by atomic mass is 9.72. The Bertz CT molecular complexity index is 399. The molecule has 1 N–H and O–H groups in total. The second kappa shape index (κ2) is 7.83. The molecule has 0 heterocycles. The van der Waals surface area contributed by atoms with Gasteiger partial charge in [-0.3, -0.25) is 0 Å². The maximum atomic E-state index is 3.86. The van der Waals surface area contributed by atoms with E-state index in [-0.39, 0.29) is 0 Å². The van der Waals surface area contributed by atoms with E-state index in [9.17, 15) is 0 Å². The summed E-state index contributed by atoms with van der Waals surface area (Å²) in [6.07, 6.45) is 8.22. The smallest absolute Gasteiger partial charge is 0.0353 e. The third-order valence-electron chi connectivity index (χ3n) is 5.06. The molecule has 2 rings (SSSR count). The molecule has 112 valence electrons. The van der Waals surface area contributed by atoms with Crippen molar-refractivity contribution in [3.63, 3.8) is 0 Å². The summed E-state index contributed by atoms with van der Waals surface area (Å²) in [5.41, 5.74) is 2.98. The lowest BCUT2D eigenvalue weighted by molar-refractivity contribution is 0.175. The van der Waals surface area contributed by atoms with Gasteiger partial charge >= 0.3 is 0 Å². The highest BCUT2D eigenvalue weighted by molar-refractivity contribution is 5.29. The van der Waals surface area contributed by atoms with Crippen molar-refractivity contribution in [2.75, 3.05) is 6.54 Å². The van der Waals surface area contributed by atoms with Gasteiger partial charge in [0.1, 0.15) is 0 Å². The molecule has 1 heteroatoms. The molecule has 0 radical (unpaired) electrons. The fourth-order valence-corrected chi connectivity index (χ4v) is 3.91. The van der Waals surface area contributed by atoms with Crippen LogP contribution >= 0.6 is 0 Å². The predicted molar refractivity (Wildman–Crippen MR) is 88.0 cm³/mol. The maximum absolute atomic E-state index is 3.86. The molecular weight excluding hydrogens is 242 g/mol. The normalized spacial score (nSPS) is 24.6. The summed E-state index contributed by atoms with van der Waals surface area (Å²) >= 11 is 0. The fraction of sp³-hybridized carbons (Fsp3) is 0.684. The molecule has 20 heavy (non-hydrogen) atoms. The lowest BCUT2D eigenvalue weighted by Gasteiger charge is -2.38. The number of benzene rings is 1. The van der Waals surface area contributed by atoms with Crippen LogP contribution < -0.4 is 5.32 Å². The minimum absolute atomic E-state index is 0.557. The van der Waals surface area contributed by atoms with Gasteiger partial charge in [0.05, 0.1) is 0 Å². The van der Waals surface area contributed by atoms with Crippen molar-refractivity contribution in [3.8, 4) is 0 Å². The van der Waals surface area contributed by atoms with Crippen LogP contribution in [0.25, 0.3) is 0 Å². The summed E-state index contributed by atoms with van der Waals surface area (Å²) < 4.78 is 0. The average molecular weight is 273 g/mol. The van der Waals surface area contributed by atoms with E-state index in [0.29, 0.717) is 6.04 Å². The van der Waals surface area contributed by atoms with E-state index in [4.69, 9.17) is 0 Å². The van der Waals surface area contributed by atoms with E-state index < -0.39 is 0 Å². The van der Waals surface area contributed by atoms with E-state index in [1.165, 1.54) is 49.7 Å². The minimum Gasteiger partial charge on any atom is -0.310 e. The molecule has 1 nitrogen and oxygen atoms in total. The Hall–Kier alpha value is -0.820. The van der Waals surface area contributed by atoms with Crippen molar-refractivity contribution < 1.29 is 0 Å². The molecule has 1 fully saturated rings. The summed E-state index contributed by atoms with van der Waals surface area (Å²) in [5.74, 6) is 1.72. The molecule has 1 aliphatic rings. The van der Waals surface area contributed by atoms with E-state index in [0.717, 1.165) is 18.4 Å². The first kappa shape index (κ1) is 15.6. The fourth-order valence-electron chi connectivity index (χ4n) is 3.91. The number of rotatable bonds is 6. The molecule has 3 atom stereocenters. The third kappa shape index (κ3) is 3.63. The largest absolute Gasteiger partial charge is 0.310 e. The van der Waals surface area contributed by atoms with Crippen molar-refractivity contribution in [1.29, 1.82) is 0 Å². The summed E-state index contributed by atoms with van der Waals surface area (Å²) in [6, 6.07) is 9.52. The summed E-state index contributed by atoms with van der Waals surface area (Å²) in [7, 11) is 0. The zero-order chi connectivity index (χ0) is 14.4. The van der Waals surface area contributed by atoms with E-state index in [2.05, 4.69) is 50.4 Å². The molecule has 1 saturated carbocycles. The van der Waals surface area contributed by atoms with Gasteiger partial charge in [-0.15, -0.1) is 0 Å². The van der Waals surface area contributed by atoms with E-state index in [1.807, 2.05) is 0 Å². The van der Waals surface area contributed by atoms with Crippen LogP contribution in [0.15, 0.2) is 24.3 Å². The Morgan fingerprint density at radius 3 is 2.60 bits per heavy atom. The highest BCUT2D eigenvalue weighted by Crippen LogP contribution is 2.40. The number of aryl methyl sites for hydroxylation is 1. The zero-order valence-electron chi connectivity index (χ0n) is 13.5. The second-order valence-corrected chi connectivity index (χ2v) is 6.41. The summed E-state index contributed by atoms with van der Waals surface area (Å²) in [5, 5.41) is 3.86. The van der Waals surface area contributed by atoms with E-state index >= 15 is 0 Å². The van der Waals surface area contributed by atoms with Crippen LogP contribution in [-0.2, 0) is 0 Å². The van der Waals surface area contributed by atoms with Gasteiger partial charge in [0.25, 0.3) is 0 Å². The first-order valence-electron chi connectivity index (χ1n) is 8.56. The topological polar surface area (TPSA) is 12.0 Å². The van der Waals surface area contributed by atoms with Crippen molar-refractivity contribution in [2.45, 2.75) is 65.3 Å². The van der Waals surface area contributed by atoms with Gasteiger partial charge in [0, 0.05) is 6.04 Å². The molecular formula is C19H31N. The summed E-state index contributed by atoms with van der Waals surface area (Å²) in [4.78, 5) is 0. The molecule has 1 aromatic carbocycles. The maximum Gasteiger partial charge on any atom is 0.0353 e. The van der Waals surface area contributed by atoms with Gasteiger partial charge in [-0.05, 0) is 49.3 Å². The van der Waals surface area contributed by atoms with Crippen molar-refractivity contribution in [3.05, 3.63) is 35.4 Å². The van der Waals surface area contributed by atoms with Crippen molar-refractivity contribution in [2.24, 2.45) is 11.8 Å². The lowest BCUT2D eigenvalue weighted by Crippen LogP contribution is -2.35. The molecule has 0 bridgehead atoms.